The summed E-state index contributed by atoms with van der Waals surface area (Å²) in [5.74, 6) is -0.650. The third-order valence-corrected chi connectivity index (χ3v) is 8.67. The van der Waals surface area contributed by atoms with Gasteiger partial charge in [-0.2, -0.15) is 0 Å². The van der Waals surface area contributed by atoms with Crippen LogP contribution in [-0.2, 0) is 44.1 Å². The third kappa shape index (κ3) is 5.88. The zero-order valence-corrected chi connectivity index (χ0v) is 26.7. The van der Waals surface area contributed by atoms with Gasteiger partial charge < -0.3 is 19.4 Å². The van der Waals surface area contributed by atoms with Crippen molar-refractivity contribution < 1.29 is 23.9 Å². The minimum absolute atomic E-state index is 0.135. The largest absolute Gasteiger partial charge is 0.446 e. The summed E-state index contributed by atoms with van der Waals surface area (Å²) in [7, 11) is 0. The molecule has 9 nitrogen and oxygen atoms in total. The van der Waals surface area contributed by atoms with Gasteiger partial charge in [-0.3, -0.25) is 14.4 Å². The quantitative estimate of drug-likeness (QED) is 0.184. The number of fused-ring (bicyclic) bond motifs is 5. The molecular formula is C35H43N3O6. The average molecular weight is 602 g/mol. The fourth-order valence-electron chi connectivity index (χ4n) is 6.55. The summed E-state index contributed by atoms with van der Waals surface area (Å²) >= 11 is 0. The van der Waals surface area contributed by atoms with E-state index in [0.717, 1.165) is 34.1 Å². The summed E-state index contributed by atoms with van der Waals surface area (Å²) in [6.45, 7) is 12.3. The second-order valence-corrected chi connectivity index (χ2v) is 12.9. The van der Waals surface area contributed by atoms with E-state index in [2.05, 4.69) is 25.2 Å². The standard InChI is InChI=1S/C35H43N3O6/c1-7-22-24-18-21(3)13-15-27(24)37-31-25(22)20-38-28(31)19-26-23(32(38)41)14-16-29(39)35(26,8-2)43-30(40)12-10-9-11-17-36-33(42)44-34(4,5)6/h13,15,18-19H,7-12,14,16-17,20H2,1-6H3,(H,36,42)/t35-/m0/s1. The van der Waals surface area contributed by atoms with Crippen molar-refractivity contribution in [1.82, 2.24) is 14.9 Å². The van der Waals surface area contributed by atoms with Gasteiger partial charge >= 0.3 is 12.1 Å². The van der Waals surface area contributed by atoms with Crippen molar-refractivity contribution in [2.75, 3.05) is 6.54 Å². The van der Waals surface area contributed by atoms with Gasteiger partial charge in [-0.15, -0.1) is 0 Å². The molecule has 1 aromatic carbocycles. The van der Waals surface area contributed by atoms with Crippen LogP contribution in [-0.4, -0.2) is 39.5 Å². The molecule has 5 rings (SSSR count). The monoisotopic (exact) mass is 601 g/mol. The Morgan fingerprint density at radius 2 is 1.82 bits per heavy atom. The first-order valence-corrected chi connectivity index (χ1v) is 15.8. The molecule has 0 saturated carbocycles. The highest BCUT2D eigenvalue weighted by molar-refractivity contribution is 5.94. The van der Waals surface area contributed by atoms with Crippen LogP contribution in [0.2, 0.25) is 0 Å². The van der Waals surface area contributed by atoms with E-state index >= 15 is 0 Å². The molecule has 234 valence electrons. The van der Waals surface area contributed by atoms with Gasteiger partial charge in [0.2, 0.25) is 0 Å². The van der Waals surface area contributed by atoms with Crippen LogP contribution >= 0.6 is 0 Å². The number of ether oxygens (including phenoxy) is 2. The normalized spacial score (nSPS) is 17.2. The number of carbonyl (C=O) groups is 3. The van der Waals surface area contributed by atoms with E-state index < -0.39 is 23.3 Å². The van der Waals surface area contributed by atoms with Crippen LogP contribution in [0, 0.1) is 6.92 Å². The van der Waals surface area contributed by atoms with Crippen LogP contribution in [0.3, 0.4) is 0 Å². The van der Waals surface area contributed by atoms with Crippen molar-refractivity contribution in [2.45, 2.75) is 111 Å². The Labute approximate surface area is 258 Å². The number of benzene rings is 1. The lowest BCUT2D eigenvalue weighted by Gasteiger charge is -2.36. The topological polar surface area (TPSA) is 117 Å². The molecule has 1 aliphatic carbocycles. The van der Waals surface area contributed by atoms with Gasteiger partial charge in [0.15, 0.2) is 11.4 Å². The number of Topliss-reactive ketones (excluding diaryl/α,β-unsaturated/α-hetero) is 1. The number of aromatic nitrogens is 2. The molecule has 0 unspecified atom stereocenters. The van der Waals surface area contributed by atoms with Crippen LogP contribution in [0.5, 0.6) is 0 Å². The minimum Gasteiger partial charge on any atom is -0.446 e. The Hall–Kier alpha value is -4.01. The molecular weight excluding hydrogens is 558 g/mol. The van der Waals surface area contributed by atoms with Gasteiger partial charge in [-0.1, -0.05) is 31.9 Å². The maximum absolute atomic E-state index is 14.0. The fourth-order valence-corrected chi connectivity index (χ4v) is 6.55. The Morgan fingerprint density at radius 1 is 1.05 bits per heavy atom. The van der Waals surface area contributed by atoms with Crippen molar-refractivity contribution >= 4 is 28.7 Å². The highest BCUT2D eigenvalue weighted by Gasteiger charge is 2.48. The van der Waals surface area contributed by atoms with E-state index in [-0.39, 0.29) is 30.6 Å². The number of nitrogens with zero attached hydrogens (tertiary/aromatic N) is 2. The van der Waals surface area contributed by atoms with Crippen LogP contribution in [0.1, 0.15) is 101 Å². The highest BCUT2D eigenvalue weighted by Crippen LogP contribution is 2.43. The van der Waals surface area contributed by atoms with Gasteiger partial charge in [0.25, 0.3) is 5.56 Å². The third-order valence-electron chi connectivity index (χ3n) is 8.67. The molecule has 1 amide bonds. The smallest absolute Gasteiger partial charge is 0.407 e. The van der Waals surface area contributed by atoms with Crippen LogP contribution in [0.25, 0.3) is 22.3 Å². The zero-order valence-electron chi connectivity index (χ0n) is 26.7. The molecule has 1 N–H and O–H groups in total. The Morgan fingerprint density at radius 3 is 2.52 bits per heavy atom. The molecule has 3 aromatic rings. The molecule has 0 saturated heterocycles. The molecule has 3 heterocycles. The molecule has 1 aliphatic heterocycles. The summed E-state index contributed by atoms with van der Waals surface area (Å²) in [5, 5.41) is 3.82. The van der Waals surface area contributed by atoms with E-state index in [1.807, 2.05) is 25.1 Å². The lowest BCUT2D eigenvalue weighted by molar-refractivity contribution is -0.170. The number of unbranched alkanes of at least 4 members (excludes halogenated alkanes) is 2. The number of hydrogen-bond donors (Lipinski definition) is 1. The van der Waals surface area contributed by atoms with Crippen LogP contribution in [0.4, 0.5) is 4.79 Å². The Bertz CT molecular complexity index is 1700. The van der Waals surface area contributed by atoms with E-state index in [1.165, 1.54) is 5.56 Å². The highest BCUT2D eigenvalue weighted by atomic mass is 16.6. The number of hydrogen-bond acceptors (Lipinski definition) is 7. The van der Waals surface area contributed by atoms with E-state index in [0.29, 0.717) is 55.6 Å². The number of nitrogens with one attached hydrogen (secondary N) is 1. The predicted molar refractivity (Wildman–Crippen MR) is 169 cm³/mol. The summed E-state index contributed by atoms with van der Waals surface area (Å²) in [6.07, 6.45) is 3.10. The SMILES string of the molecule is CCc1c2c(nc3ccc(C)cc13)-c1cc3c(c(=O)n1C2)CCC(=O)[C@@]3(CC)OC(=O)CCCCCNC(=O)OC(C)(C)C. The molecule has 44 heavy (non-hydrogen) atoms. The summed E-state index contributed by atoms with van der Waals surface area (Å²) in [4.78, 5) is 57.5. The van der Waals surface area contributed by atoms with Gasteiger partial charge in [-0.05, 0) is 83.6 Å². The average Bonchev–Trinajstić information content (AvgIpc) is 3.33. The number of rotatable bonds is 9. The van der Waals surface area contributed by atoms with E-state index in [4.69, 9.17) is 14.5 Å². The van der Waals surface area contributed by atoms with Crippen molar-refractivity contribution in [3.05, 3.63) is 62.4 Å². The Kier molecular flexibility index (Phi) is 8.69. The molecule has 0 fully saturated rings. The number of carbonyl (C=O) groups excluding carboxylic acids is 3. The number of alkyl carbamates (subject to hydrolysis) is 1. The van der Waals surface area contributed by atoms with Crippen molar-refractivity contribution in [3.8, 4) is 11.4 Å². The number of esters is 1. The van der Waals surface area contributed by atoms with Gasteiger partial charge in [0, 0.05) is 41.5 Å². The fraction of sp³-hybridized carbons (Fsp3) is 0.514. The summed E-state index contributed by atoms with van der Waals surface area (Å²) in [6, 6.07) is 8.08. The molecule has 2 aliphatic rings. The number of amides is 1. The summed E-state index contributed by atoms with van der Waals surface area (Å²) < 4.78 is 13.1. The lowest BCUT2D eigenvalue weighted by atomic mass is 9.76. The first-order valence-electron chi connectivity index (χ1n) is 15.8. The molecule has 0 bridgehead atoms. The maximum Gasteiger partial charge on any atom is 0.407 e. The number of aryl methyl sites for hydroxylation is 2. The first-order chi connectivity index (χ1) is 20.9. The number of ketones is 1. The second kappa shape index (κ2) is 12.2. The van der Waals surface area contributed by atoms with Crippen molar-refractivity contribution in [1.29, 1.82) is 0 Å². The zero-order chi connectivity index (χ0) is 31.8. The van der Waals surface area contributed by atoms with Crippen molar-refractivity contribution in [3.63, 3.8) is 0 Å². The molecule has 9 heteroatoms. The lowest BCUT2D eigenvalue weighted by Crippen LogP contribution is -2.46. The second-order valence-electron chi connectivity index (χ2n) is 12.9. The molecule has 2 aromatic heterocycles. The molecule has 0 radical (unpaired) electrons. The molecule has 1 atom stereocenters. The van der Waals surface area contributed by atoms with Gasteiger partial charge in [0.1, 0.15) is 5.60 Å². The van der Waals surface area contributed by atoms with Crippen molar-refractivity contribution in [2.24, 2.45) is 0 Å². The Balaban J connectivity index is 1.37. The number of pyridine rings is 2. The minimum atomic E-state index is -1.50. The molecule has 0 spiro atoms. The maximum atomic E-state index is 14.0. The van der Waals surface area contributed by atoms with Gasteiger partial charge in [0.05, 0.1) is 23.4 Å². The van der Waals surface area contributed by atoms with E-state index in [9.17, 15) is 19.2 Å². The van der Waals surface area contributed by atoms with Crippen LogP contribution in [0.15, 0.2) is 29.1 Å². The van der Waals surface area contributed by atoms with E-state index in [1.54, 1.807) is 25.3 Å². The van der Waals surface area contributed by atoms with Gasteiger partial charge in [-0.25, -0.2) is 9.78 Å². The van der Waals surface area contributed by atoms with Crippen LogP contribution < -0.4 is 10.9 Å². The first kappa shape index (κ1) is 31.4. The summed E-state index contributed by atoms with van der Waals surface area (Å²) in [5.41, 5.74) is 4.51. The predicted octanol–water partition coefficient (Wildman–Crippen LogP) is 6.04.